The van der Waals surface area contributed by atoms with Gasteiger partial charge in [0.2, 0.25) is 0 Å². The number of nitrogens with zero attached hydrogens (tertiary/aromatic N) is 1. The van der Waals surface area contributed by atoms with Crippen molar-refractivity contribution in [2.75, 3.05) is 25.4 Å². The molecule has 0 N–H and O–H groups in total. The Morgan fingerprint density at radius 1 is 1.29 bits per heavy atom. The van der Waals surface area contributed by atoms with E-state index in [0.717, 1.165) is 17.6 Å². The Bertz CT molecular complexity index is 147. The monoisotopic (exact) mass is 215 g/mol. The van der Waals surface area contributed by atoms with Crippen molar-refractivity contribution in [1.82, 2.24) is 4.90 Å². The van der Waals surface area contributed by atoms with Crippen LogP contribution in [0.1, 0.15) is 39.5 Å². The zero-order valence-corrected chi connectivity index (χ0v) is 10.6. The molecule has 2 heteroatoms. The molecule has 0 amide bonds. The van der Waals surface area contributed by atoms with Crippen molar-refractivity contribution >= 4 is 12.6 Å². The molecule has 1 nitrogen and oxygen atoms in total. The lowest BCUT2D eigenvalue weighted by Crippen LogP contribution is -2.26. The minimum Gasteiger partial charge on any atom is -0.303 e. The number of hydrogen-bond acceptors (Lipinski definition) is 2. The van der Waals surface area contributed by atoms with Crippen LogP contribution in [0, 0.1) is 11.8 Å². The summed E-state index contributed by atoms with van der Waals surface area (Å²) in [5.74, 6) is 2.88. The minimum absolute atomic E-state index is 0.875. The van der Waals surface area contributed by atoms with Gasteiger partial charge in [0.1, 0.15) is 0 Å². The van der Waals surface area contributed by atoms with Gasteiger partial charge in [0.25, 0.3) is 0 Å². The quantitative estimate of drug-likeness (QED) is 0.705. The molecular weight excluding hydrogens is 190 g/mol. The smallest absolute Gasteiger partial charge is 0.00110 e. The molecule has 1 rings (SSSR count). The Morgan fingerprint density at radius 2 is 2.07 bits per heavy atom. The van der Waals surface area contributed by atoms with Crippen molar-refractivity contribution in [3.05, 3.63) is 0 Å². The van der Waals surface area contributed by atoms with E-state index in [0.29, 0.717) is 0 Å². The van der Waals surface area contributed by atoms with Gasteiger partial charge in [0.05, 0.1) is 0 Å². The third kappa shape index (κ3) is 4.22. The van der Waals surface area contributed by atoms with Gasteiger partial charge in [-0.1, -0.05) is 13.8 Å². The molecule has 0 spiro atoms. The predicted molar refractivity (Wildman–Crippen MR) is 67.1 cm³/mol. The van der Waals surface area contributed by atoms with E-state index in [1.807, 2.05) is 0 Å². The van der Waals surface area contributed by atoms with Gasteiger partial charge in [-0.2, -0.15) is 12.6 Å². The molecule has 0 aliphatic carbocycles. The van der Waals surface area contributed by atoms with Gasteiger partial charge < -0.3 is 4.90 Å². The third-order valence-electron chi connectivity index (χ3n) is 3.44. The van der Waals surface area contributed by atoms with E-state index in [1.54, 1.807) is 0 Å². The maximum absolute atomic E-state index is 4.27. The minimum atomic E-state index is 0.875. The van der Waals surface area contributed by atoms with Crippen LogP contribution in [0.4, 0.5) is 0 Å². The van der Waals surface area contributed by atoms with Crippen LogP contribution < -0.4 is 0 Å². The van der Waals surface area contributed by atoms with Crippen LogP contribution in [0.25, 0.3) is 0 Å². The molecule has 1 atom stereocenters. The molecular formula is C12H25NS. The van der Waals surface area contributed by atoms with Crippen molar-refractivity contribution in [2.24, 2.45) is 11.8 Å². The van der Waals surface area contributed by atoms with Gasteiger partial charge in [-0.3, -0.25) is 0 Å². The summed E-state index contributed by atoms with van der Waals surface area (Å²) >= 11 is 4.27. The zero-order chi connectivity index (χ0) is 10.4. The molecule has 0 bridgehead atoms. The first-order valence-electron chi connectivity index (χ1n) is 6.07. The Balaban J connectivity index is 2.26. The lowest BCUT2D eigenvalue weighted by Gasteiger charge is -2.20. The summed E-state index contributed by atoms with van der Waals surface area (Å²) in [6.45, 7) is 8.63. The number of hydrogen-bond donors (Lipinski definition) is 1. The standard InChI is InChI=1S/C12H25NS/c1-11(2)12-5-3-7-13(9-6-12)8-4-10-14/h11-12,14H,3-10H2,1-2H3. The predicted octanol–water partition coefficient (Wildman–Crippen LogP) is 3.06. The van der Waals surface area contributed by atoms with E-state index >= 15 is 0 Å². The molecule has 14 heavy (non-hydrogen) atoms. The highest BCUT2D eigenvalue weighted by Crippen LogP contribution is 2.24. The molecule has 0 aromatic rings. The Morgan fingerprint density at radius 3 is 2.71 bits per heavy atom. The molecule has 84 valence electrons. The first-order valence-corrected chi connectivity index (χ1v) is 6.70. The molecule has 0 aromatic heterocycles. The second-order valence-corrected chi connectivity index (χ2v) is 5.30. The van der Waals surface area contributed by atoms with E-state index in [4.69, 9.17) is 0 Å². The van der Waals surface area contributed by atoms with Gasteiger partial charge >= 0.3 is 0 Å². The maximum Gasteiger partial charge on any atom is -0.00110 e. The molecule has 1 unspecified atom stereocenters. The van der Waals surface area contributed by atoms with Crippen molar-refractivity contribution in [3.8, 4) is 0 Å². The van der Waals surface area contributed by atoms with Gasteiger partial charge in [0.15, 0.2) is 0 Å². The fraction of sp³-hybridized carbons (Fsp3) is 1.00. The fourth-order valence-corrected chi connectivity index (χ4v) is 2.51. The lowest BCUT2D eigenvalue weighted by atomic mass is 9.89. The van der Waals surface area contributed by atoms with E-state index in [9.17, 15) is 0 Å². The summed E-state index contributed by atoms with van der Waals surface area (Å²) in [6, 6.07) is 0. The average molecular weight is 215 g/mol. The first-order chi connectivity index (χ1) is 6.74. The number of thiol groups is 1. The highest BCUT2D eigenvalue weighted by atomic mass is 32.1. The lowest BCUT2D eigenvalue weighted by molar-refractivity contribution is 0.273. The fourth-order valence-electron chi connectivity index (χ4n) is 2.37. The van der Waals surface area contributed by atoms with E-state index < -0.39 is 0 Å². The van der Waals surface area contributed by atoms with Crippen LogP contribution in [-0.2, 0) is 0 Å². The number of likely N-dealkylation sites (tertiary alicyclic amines) is 1. The summed E-state index contributed by atoms with van der Waals surface area (Å²) < 4.78 is 0. The van der Waals surface area contributed by atoms with E-state index in [1.165, 1.54) is 45.3 Å². The molecule has 0 radical (unpaired) electrons. The average Bonchev–Trinajstić information content (AvgIpc) is 2.39. The van der Waals surface area contributed by atoms with Gasteiger partial charge in [-0.15, -0.1) is 0 Å². The van der Waals surface area contributed by atoms with Crippen LogP contribution in [0.3, 0.4) is 0 Å². The van der Waals surface area contributed by atoms with Crippen LogP contribution in [0.2, 0.25) is 0 Å². The van der Waals surface area contributed by atoms with Gasteiger partial charge in [-0.05, 0) is 62.9 Å². The molecule has 1 heterocycles. The van der Waals surface area contributed by atoms with Crippen LogP contribution in [-0.4, -0.2) is 30.3 Å². The van der Waals surface area contributed by atoms with Crippen LogP contribution in [0.15, 0.2) is 0 Å². The van der Waals surface area contributed by atoms with Gasteiger partial charge in [0, 0.05) is 0 Å². The Kier molecular flexibility index (Phi) is 5.95. The summed E-state index contributed by atoms with van der Waals surface area (Å²) in [7, 11) is 0. The molecule has 1 saturated heterocycles. The summed E-state index contributed by atoms with van der Waals surface area (Å²) in [5.41, 5.74) is 0. The second-order valence-electron chi connectivity index (χ2n) is 4.85. The highest BCUT2D eigenvalue weighted by molar-refractivity contribution is 7.80. The first kappa shape index (κ1) is 12.4. The van der Waals surface area contributed by atoms with Crippen LogP contribution in [0.5, 0.6) is 0 Å². The van der Waals surface area contributed by atoms with Gasteiger partial charge in [-0.25, -0.2) is 0 Å². The normalized spacial score (nSPS) is 25.3. The summed E-state index contributed by atoms with van der Waals surface area (Å²) in [6.07, 6.45) is 5.49. The van der Waals surface area contributed by atoms with Crippen molar-refractivity contribution < 1.29 is 0 Å². The molecule has 0 aromatic carbocycles. The SMILES string of the molecule is CC(C)C1CCCN(CCCS)CC1. The van der Waals surface area contributed by atoms with E-state index in [-0.39, 0.29) is 0 Å². The number of rotatable bonds is 4. The molecule has 0 saturated carbocycles. The Hall–Kier alpha value is 0.310. The molecule has 1 aliphatic rings. The summed E-state index contributed by atoms with van der Waals surface area (Å²) in [5, 5.41) is 0. The van der Waals surface area contributed by atoms with Crippen LogP contribution >= 0.6 is 12.6 Å². The highest BCUT2D eigenvalue weighted by Gasteiger charge is 2.18. The second kappa shape index (κ2) is 6.73. The topological polar surface area (TPSA) is 3.24 Å². The largest absolute Gasteiger partial charge is 0.303 e. The van der Waals surface area contributed by atoms with E-state index in [2.05, 4.69) is 31.4 Å². The zero-order valence-electron chi connectivity index (χ0n) is 9.71. The van der Waals surface area contributed by atoms with Crippen molar-refractivity contribution in [3.63, 3.8) is 0 Å². The Labute approximate surface area is 94.7 Å². The van der Waals surface area contributed by atoms with Crippen molar-refractivity contribution in [2.45, 2.75) is 39.5 Å². The molecule has 1 aliphatic heterocycles. The van der Waals surface area contributed by atoms with Crippen molar-refractivity contribution in [1.29, 1.82) is 0 Å². The molecule has 1 fully saturated rings. The third-order valence-corrected chi connectivity index (χ3v) is 3.76. The summed E-state index contributed by atoms with van der Waals surface area (Å²) in [4.78, 5) is 2.62. The maximum atomic E-state index is 4.27.